The number of aliphatic carboxylic acids is 1. The van der Waals surface area contributed by atoms with Crippen LogP contribution in [0, 0.1) is 22.0 Å². The Morgan fingerprint density at radius 2 is 1.95 bits per heavy atom. The molecule has 0 saturated carbocycles. The van der Waals surface area contributed by atoms with Gasteiger partial charge >= 0.3 is 12.1 Å². The standard InChI is InChI=1S/C24H27F2N3O8S2/c1-11-18-17(12(2)30)21(31)28(18)19(22(32)33)20(11)39-16-7-15(10-38-23(25)26)27(8-16)24(34)37-9-13-3-5-14(6-4-13)29(35)36/h3-6,11-12,15-18,23,30H,7-10H2,1-2H3,(H,32,33)/t11-,12-,15+,16+,17-,18-/m1/s1. The van der Waals surface area contributed by atoms with E-state index in [1.165, 1.54) is 52.8 Å². The van der Waals surface area contributed by atoms with Crippen LogP contribution in [0.4, 0.5) is 19.3 Å². The van der Waals surface area contributed by atoms with E-state index in [2.05, 4.69) is 0 Å². The molecule has 6 atom stereocenters. The van der Waals surface area contributed by atoms with Crippen molar-refractivity contribution in [1.29, 1.82) is 0 Å². The molecule has 0 unspecified atom stereocenters. The van der Waals surface area contributed by atoms with Crippen molar-refractivity contribution in [3.63, 3.8) is 0 Å². The predicted molar refractivity (Wildman–Crippen MR) is 138 cm³/mol. The van der Waals surface area contributed by atoms with Crippen LogP contribution in [0.3, 0.4) is 0 Å². The fraction of sp³-hybridized carbons (Fsp3) is 0.542. The molecular weight excluding hydrogens is 560 g/mol. The summed E-state index contributed by atoms with van der Waals surface area (Å²) in [6.45, 7) is 3.21. The maximum absolute atomic E-state index is 13.0. The summed E-state index contributed by atoms with van der Waals surface area (Å²) in [4.78, 5) is 50.9. The first-order valence-electron chi connectivity index (χ1n) is 12.1. The van der Waals surface area contributed by atoms with Gasteiger partial charge in [-0.15, -0.1) is 11.8 Å². The number of hydrogen-bond acceptors (Lipinski definition) is 9. The highest BCUT2D eigenvalue weighted by Crippen LogP contribution is 2.52. The van der Waals surface area contributed by atoms with Crippen molar-refractivity contribution >= 4 is 47.2 Å². The Kier molecular flexibility index (Phi) is 8.71. The molecule has 15 heteroatoms. The second-order valence-electron chi connectivity index (χ2n) is 9.63. The number of carboxylic acid groups (broad SMARTS) is 1. The minimum atomic E-state index is -2.64. The van der Waals surface area contributed by atoms with Crippen LogP contribution in [0.1, 0.15) is 25.8 Å². The van der Waals surface area contributed by atoms with Gasteiger partial charge in [0, 0.05) is 46.5 Å². The van der Waals surface area contributed by atoms with Crippen LogP contribution in [-0.2, 0) is 20.9 Å². The number of amides is 2. The van der Waals surface area contributed by atoms with Crippen LogP contribution in [0.25, 0.3) is 0 Å². The Labute approximate surface area is 230 Å². The topological polar surface area (TPSA) is 151 Å². The summed E-state index contributed by atoms with van der Waals surface area (Å²) in [5.41, 5.74) is 0.253. The molecular formula is C24H27F2N3O8S2. The number of carbonyl (C=O) groups excluding carboxylic acids is 2. The number of nitro benzene ring substituents is 1. The number of hydrogen-bond donors (Lipinski definition) is 2. The quantitative estimate of drug-likeness (QED) is 0.236. The lowest BCUT2D eigenvalue weighted by Crippen LogP contribution is -2.63. The molecule has 0 bridgehead atoms. The van der Waals surface area contributed by atoms with Gasteiger partial charge in [-0.2, -0.15) is 8.78 Å². The molecule has 212 valence electrons. The largest absolute Gasteiger partial charge is 0.477 e. The van der Waals surface area contributed by atoms with Crippen LogP contribution in [0.2, 0.25) is 0 Å². The fourth-order valence-electron chi connectivity index (χ4n) is 5.32. The van der Waals surface area contributed by atoms with Crippen LogP contribution in [0.5, 0.6) is 0 Å². The van der Waals surface area contributed by atoms with Gasteiger partial charge in [0.15, 0.2) is 0 Å². The van der Waals surface area contributed by atoms with Gasteiger partial charge in [-0.25, -0.2) is 9.59 Å². The number of non-ortho nitro benzene ring substituents is 1. The number of ether oxygens (including phenoxy) is 1. The number of carboxylic acids is 1. The van der Waals surface area contributed by atoms with Gasteiger partial charge in [0.1, 0.15) is 12.3 Å². The Hall–Kier alpha value is -2.91. The summed E-state index contributed by atoms with van der Waals surface area (Å²) in [5, 5.41) is 30.4. The van der Waals surface area contributed by atoms with E-state index in [1.54, 1.807) is 6.92 Å². The number of carbonyl (C=O) groups is 3. The van der Waals surface area contributed by atoms with Crippen LogP contribution < -0.4 is 0 Å². The molecule has 0 spiro atoms. The molecule has 11 nitrogen and oxygen atoms in total. The fourth-order valence-corrected chi connectivity index (χ4v) is 7.57. The minimum Gasteiger partial charge on any atom is -0.477 e. The summed E-state index contributed by atoms with van der Waals surface area (Å²) < 4.78 is 31.3. The normalized spacial score (nSPS) is 27.0. The van der Waals surface area contributed by atoms with E-state index in [-0.39, 0.29) is 41.5 Å². The van der Waals surface area contributed by atoms with E-state index in [1.807, 2.05) is 0 Å². The van der Waals surface area contributed by atoms with Gasteiger partial charge in [-0.3, -0.25) is 14.9 Å². The number of aliphatic hydroxyl groups excluding tert-OH is 1. The number of halogens is 2. The van der Waals surface area contributed by atoms with Crippen molar-refractivity contribution in [2.24, 2.45) is 11.8 Å². The Morgan fingerprint density at radius 3 is 2.51 bits per heavy atom. The first-order chi connectivity index (χ1) is 18.4. The molecule has 3 aliphatic heterocycles. The predicted octanol–water partition coefficient (Wildman–Crippen LogP) is 3.52. The van der Waals surface area contributed by atoms with Crippen molar-refractivity contribution in [2.45, 2.75) is 56.1 Å². The van der Waals surface area contributed by atoms with Crippen molar-refractivity contribution in [2.75, 3.05) is 12.3 Å². The number of rotatable bonds is 10. The van der Waals surface area contributed by atoms with Crippen molar-refractivity contribution in [3.8, 4) is 0 Å². The summed E-state index contributed by atoms with van der Waals surface area (Å²) in [6.07, 6.45) is -1.38. The lowest BCUT2D eigenvalue weighted by molar-refractivity contribution is -0.384. The van der Waals surface area contributed by atoms with E-state index >= 15 is 0 Å². The number of likely N-dealkylation sites (tertiary alicyclic amines) is 1. The van der Waals surface area contributed by atoms with Crippen molar-refractivity contribution in [1.82, 2.24) is 9.80 Å². The molecule has 0 aromatic heterocycles. The molecule has 4 rings (SSSR count). The highest BCUT2D eigenvalue weighted by Gasteiger charge is 2.60. The third-order valence-electron chi connectivity index (χ3n) is 7.14. The molecule has 1 aromatic carbocycles. The molecule has 0 radical (unpaired) electrons. The number of thioether (sulfide) groups is 2. The van der Waals surface area contributed by atoms with Crippen LogP contribution >= 0.6 is 23.5 Å². The summed E-state index contributed by atoms with van der Waals surface area (Å²) in [6, 6.07) is 4.37. The number of aliphatic hydroxyl groups is 1. The van der Waals surface area contributed by atoms with Gasteiger partial charge in [-0.05, 0) is 31.0 Å². The van der Waals surface area contributed by atoms with E-state index in [0.717, 1.165) is 0 Å². The monoisotopic (exact) mass is 587 g/mol. The van der Waals surface area contributed by atoms with Gasteiger partial charge in [0.05, 0.1) is 23.0 Å². The molecule has 3 aliphatic rings. The van der Waals surface area contributed by atoms with E-state index in [0.29, 0.717) is 28.7 Å². The molecule has 0 aliphatic carbocycles. The molecule has 2 saturated heterocycles. The highest BCUT2D eigenvalue weighted by molar-refractivity contribution is 8.03. The zero-order valence-corrected chi connectivity index (χ0v) is 22.6. The first-order valence-corrected chi connectivity index (χ1v) is 14.0. The second-order valence-corrected chi connectivity index (χ2v) is 12.0. The number of fused-ring (bicyclic) bond motifs is 1. The van der Waals surface area contributed by atoms with E-state index in [4.69, 9.17) is 4.74 Å². The zero-order valence-electron chi connectivity index (χ0n) is 20.9. The molecule has 2 fully saturated rings. The average molecular weight is 588 g/mol. The summed E-state index contributed by atoms with van der Waals surface area (Å²) >= 11 is 1.60. The van der Waals surface area contributed by atoms with Gasteiger partial charge < -0.3 is 24.7 Å². The van der Waals surface area contributed by atoms with Crippen molar-refractivity contribution < 1.29 is 43.0 Å². The van der Waals surface area contributed by atoms with Crippen LogP contribution in [-0.4, -0.2) is 84.4 Å². The van der Waals surface area contributed by atoms with Gasteiger partial charge in [0.25, 0.3) is 11.4 Å². The van der Waals surface area contributed by atoms with E-state index in [9.17, 15) is 43.5 Å². The van der Waals surface area contributed by atoms with Crippen molar-refractivity contribution in [3.05, 3.63) is 50.5 Å². The number of β-lactam (4-membered cyclic amide) rings is 1. The first kappa shape index (κ1) is 29.1. The highest BCUT2D eigenvalue weighted by atomic mass is 32.2. The SMILES string of the molecule is C[C@@H](O)[C@H]1C(=O)N2C(C(=O)O)=C(S[C@H]3C[C@@H](CSC(F)F)N(C(=O)OCc4ccc([N+](=O)[O-])cc4)C3)[C@H](C)[C@H]12. The Bertz CT molecular complexity index is 1180. The lowest BCUT2D eigenvalue weighted by Gasteiger charge is -2.46. The number of nitrogens with zero attached hydrogens (tertiary/aromatic N) is 3. The number of nitro groups is 1. The molecule has 2 amide bonds. The maximum Gasteiger partial charge on any atom is 0.410 e. The third kappa shape index (κ3) is 5.84. The average Bonchev–Trinajstić information content (AvgIpc) is 3.38. The van der Waals surface area contributed by atoms with Gasteiger partial charge in [0.2, 0.25) is 5.91 Å². The molecule has 39 heavy (non-hydrogen) atoms. The molecule has 2 N–H and O–H groups in total. The van der Waals surface area contributed by atoms with Gasteiger partial charge in [-0.1, -0.05) is 18.7 Å². The smallest absolute Gasteiger partial charge is 0.410 e. The summed E-state index contributed by atoms with van der Waals surface area (Å²) in [5.74, 6) is -5.50. The number of benzene rings is 1. The zero-order chi connectivity index (χ0) is 28.6. The molecule has 1 aromatic rings. The lowest BCUT2D eigenvalue weighted by atomic mass is 9.79. The Balaban J connectivity index is 1.47. The van der Waals surface area contributed by atoms with Crippen LogP contribution in [0.15, 0.2) is 34.9 Å². The molecule has 3 heterocycles. The summed E-state index contributed by atoms with van der Waals surface area (Å²) in [7, 11) is 0. The second kappa shape index (κ2) is 11.7. The Morgan fingerprint density at radius 1 is 1.28 bits per heavy atom. The third-order valence-corrected chi connectivity index (χ3v) is 9.46. The van der Waals surface area contributed by atoms with E-state index < -0.39 is 52.8 Å². The maximum atomic E-state index is 13.0. The number of alkyl halides is 2. The minimum absolute atomic E-state index is 0.0565.